The quantitative estimate of drug-likeness (QED) is 0.378. The first-order valence-corrected chi connectivity index (χ1v) is 11.8. The van der Waals surface area contributed by atoms with Crippen molar-refractivity contribution < 1.29 is 18.7 Å². The highest BCUT2D eigenvalue weighted by atomic mass is 35.5. The van der Waals surface area contributed by atoms with Crippen molar-refractivity contribution in [3.63, 3.8) is 0 Å². The number of nitrogens with zero attached hydrogens (tertiary/aromatic N) is 4. The normalized spacial score (nSPS) is 11.9. The van der Waals surface area contributed by atoms with Crippen LogP contribution in [0.3, 0.4) is 0 Å². The maximum Gasteiger partial charge on any atom is 0.435 e. The van der Waals surface area contributed by atoms with Crippen LogP contribution in [0, 0.1) is 5.82 Å². The zero-order chi connectivity index (χ0) is 26.8. The number of nitrogens with one attached hydrogen (secondary N) is 1. The van der Waals surface area contributed by atoms with E-state index in [1.807, 2.05) is 0 Å². The molecule has 1 amide bonds. The van der Waals surface area contributed by atoms with Gasteiger partial charge in [0.2, 0.25) is 5.91 Å². The van der Waals surface area contributed by atoms with Crippen molar-refractivity contribution in [3.05, 3.63) is 58.8 Å². The minimum absolute atomic E-state index is 0.0798. The number of anilines is 1. The molecule has 3 aromatic rings. The highest BCUT2D eigenvalue weighted by Crippen LogP contribution is 2.35. The average Bonchev–Trinajstić information content (AvgIpc) is 3.35. The Hall–Kier alpha value is -3.43. The van der Waals surface area contributed by atoms with Gasteiger partial charge < -0.3 is 10.1 Å². The van der Waals surface area contributed by atoms with E-state index in [-0.39, 0.29) is 22.2 Å². The molecule has 0 unspecified atom stereocenters. The lowest BCUT2D eigenvalue weighted by Crippen LogP contribution is -2.28. The van der Waals surface area contributed by atoms with Gasteiger partial charge in [-0.15, -0.1) is 11.6 Å². The number of allylic oxidation sites excluding steroid dienone is 1. The lowest BCUT2D eigenvalue weighted by molar-refractivity contribution is -0.113. The summed E-state index contributed by atoms with van der Waals surface area (Å²) >= 11 is 11.9. The van der Waals surface area contributed by atoms with Crippen molar-refractivity contribution in [1.29, 1.82) is 0 Å². The van der Waals surface area contributed by atoms with Gasteiger partial charge in [-0.25, -0.2) is 9.18 Å². The number of halogens is 3. The molecule has 190 valence electrons. The average molecular weight is 534 g/mol. The van der Waals surface area contributed by atoms with Crippen molar-refractivity contribution >= 4 is 58.6 Å². The molecule has 11 heteroatoms. The van der Waals surface area contributed by atoms with Gasteiger partial charge in [0, 0.05) is 35.6 Å². The van der Waals surface area contributed by atoms with E-state index >= 15 is 4.39 Å². The number of carbonyl (C=O) groups excluding carboxylic acids is 2. The van der Waals surface area contributed by atoms with Crippen molar-refractivity contribution in [1.82, 2.24) is 19.6 Å². The highest BCUT2D eigenvalue weighted by molar-refractivity contribution is 6.33. The van der Waals surface area contributed by atoms with Gasteiger partial charge in [-0.05, 0) is 57.6 Å². The Bertz CT molecular complexity index is 1350. The molecule has 2 heterocycles. The fourth-order valence-corrected chi connectivity index (χ4v) is 3.91. The number of aryl methyl sites for hydroxylation is 1. The van der Waals surface area contributed by atoms with E-state index in [2.05, 4.69) is 22.1 Å². The fraction of sp³-hybridized carbons (Fsp3) is 0.280. The molecule has 0 fully saturated rings. The van der Waals surface area contributed by atoms with E-state index in [0.717, 1.165) is 10.7 Å². The van der Waals surface area contributed by atoms with Crippen LogP contribution in [0.2, 0.25) is 5.02 Å². The summed E-state index contributed by atoms with van der Waals surface area (Å²) in [5.74, 6) is -1.41. The zero-order valence-electron chi connectivity index (χ0n) is 20.5. The van der Waals surface area contributed by atoms with Gasteiger partial charge in [0.1, 0.15) is 23.0 Å². The lowest BCUT2D eigenvalue weighted by atomic mass is 10.0. The van der Waals surface area contributed by atoms with Crippen LogP contribution in [-0.4, -0.2) is 43.0 Å². The summed E-state index contributed by atoms with van der Waals surface area (Å²) in [7, 11) is 1.75. The first-order valence-electron chi connectivity index (χ1n) is 10.9. The molecule has 0 radical (unpaired) electrons. The molecule has 8 nitrogen and oxygen atoms in total. The largest absolute Gasteiger partial charge is 0.442 e. The fourth-order valence-electron chi connectivity index (χ4n) is 3.49. The Morgan fingerprint density at radius 2 is 2.00 bits per heavy atom. The maximum atomic E-state index is 15.1. The molecule has 0 aliphatic rings. The lowest BCUT2D eigenvalue weighted by Gasteiger charge is -2.19. The molecule has 0 saturated carbocycles. The SMILES string of the molecule is C=Cc1c(/C=C(\C)c2c(F)cc(NC(=O)CCl)cc2Cl)c(-c2cnn(C)c2)nn1C(=O)OC(C)(C)C. The summed E-state index contributed by atoms with van der Waals surface area (Å²) in [6.07, 6.45) is 5.78. The Kier molecular flexibility index (Phi) is 8.05. The van der Waals surface area contributed by atoms with E-state index < -0.39 is 23.4 Å². The van der Waals surface area contributed by atoms with E-state index in [1.165, 1.54) is 12.1 Å². The van der Waals surface area contributed by atoms with Crippen LogP contribution < -0.4 is 5.32 Å². The third-order valence-corrected chi connectivity index (χ3v) is 5.44. The molecule has 3 rings (SSSR count). The smallest absolute Gasteiger partial charge is 0.435 e. The van der Waals surface area contributed by atoms with Crippen molar-refractivity contribution in [2.24, 2.45) is 7.05 Å². The number of aromatic nitrogens is 4. The predicted octanol–water partition coefficient (Wildman–Crippen LogP) is 6.24. The number of hydrogen-bond donors (Lipinski definition) is 1. The number of carbonyl (C=O) groups is 2. The number of hydrogen-bond acceptors (Lipinski definition) is 5. The molecule has 1 N–H and O–H groups in total. The van der Waals surface area contributed by atoms with Gasteiger partial charge in [-0.1, -0.05) is 18.2 Å². The Morgan fingerprint density at radius 1 is 1.31 bits per heavy atom. The van der Waals surface area contributed by atoms with E-state index in [0.29, 0.717) is 28.1 Å². The van der Waals surface area contributed by atoms with Crippen LogP contribution in [0.5, 0.6) is 0 Å². The van der Waals surface area contributed by atoms with Gasteiger partial charge in [0.15, 0.2) is 0 Å². The van der Waals surface area contributed by atoms with Crippen molar-refractivity contribution in [2.75, 3.05) is 11.2 Å². The van der Waals surface area contributed by atoms with Gasteiger partial charge in [0.25, 0.3) is 0 Å². The summed E-state index contributed by atoms with van der Waals surface area (Å²) in [5, 5.41) is 11.2. The maximum absolute atomic E-state index is 15.1. The second-order valence-corrected chi connectivity index (χ2v) is 9.64. The molecule has 0 aliphatic carbocycles. The van der Waals surface area contributed by atoms with Crippen LogP contribution >= 0.6 is 23.2 Å². The molecule has 2 aromatic heterocycles. The van der Waals surface area contributed by atoms with E-state index in [9.17, 15) is 9.59 Å². The summed E-state index contributed by atoms with van der Waals surface area (Å²) in [4.78, 5) is 24.5. The highest BCUT2D eigenvalue weighted by Gasteiger charge is 2.25. The first kappa shape index (κ1) is 27.2. The molecular weight excluding hydrogens is 508 g/mol. The molecule has 0 spiro atoms. The number of alkyl halides is 1. The van der Waals surface area contributed by atoms with Crippen LogP contribution in [0.4, 0.5) is 14.9 Å². The summed E-state index contributed by atoms with van der Waals surface area (Å²) in [5.41, 5.74) is 1.90. The Balaban J connectivity index is 2.18. The third kappa shape index (κ3) is 6.03. The summed E-state index contributed by atoms with van der Waals surface area (Å²) < 4.78 is 23.3. The van der Waals surface area contributed by atoms with Crippen molar-refractivity contribution in [2.45, 2.75) is 33.3 Å². The minimum atomic E-state index is -0.751. The number of rotatable bonds is 6. The molecule has 0 atom stereocenters. The Labute approximate surface area is 218 Å². The molecule has 0 bridgehead atoms. The van der Waals surface area contributed by atoms with Crippen LogP contribution in [-0.2, 0) is 16.6 Å². The zero-order valence-corrected chi connectivity index (χ0v) is 22.0. The predicted molar refractivity (Wildman–Crippen MR) is 140 cm³/mol. The second-order valence-electron chi connectivity index (χ2n) is 8.97. The van der Waals surface area contributed by atoms with Gasteiger partial charge in [-0.2, -0.15) is 14.9 Å². The van der Waals surface area contributed by atoms with E-state index in [1.54, 1.807) is 57.9 Å². The van der Waals surface area contributed by atoms with Gasteiger partial charge in [-0.3, -0.25) is 9.48 Å². The van der Waals surface area contributed by atoms with Crippen LogP contribution in [0.25, 0.3) is 29.0 Å². The summed E-state index contributed by atoms with van der Waals surface area (Å²) in [6.45, 7) is 10.8. The van der Waals surface area contributed by atoms with Crippen molar-refractivity contribution in [3.8, 4) is 11.3 Å². The molecule has 0 saturated heterocycles. The number of ether oxygens (including phenoxy) is 1. The monoisotopic (exact) mass is 533 g/mol. The molecule has 1 aromatic carbocycles. The third-order valence-electron chi connectivity index (χ3n) is 4.90. The van der Waals surface area contributed by atoms with Crippen LogP contribution in [0.1, 0.15) is 44.5 Å². The minimum Gasteiger partial charge on any atom is -0.442 e. The molecular formula is C25H26Cl2FN5O3. The molecule has 0 aliphatic heterocycles. The first-order chi connectivity index (χ1) is 16.8. The second kappa shape index (κ2) is 10.7. The van der Waals surface area contributed by atoms with Crippen LogP contribution in [0.15, 0.2) is 31.1 Å². The van der Waals surface area contributed by atoms with Gasteiger partial charge in [0.05, 0.1) is 16.9 Å². The standard InChI is InChI=1S/C25H26Cl2FN5O3/c1-7-20-17(8-14(2)22-18(27)9-16(10-19(22)28)30-21(34)11-26)23(15-12-29-32(6)13-15)31-33(20)24(35)36-25(3,4)5/h7-10,12-13H,1,11H2,2-6H3,(H,30,34)/b14-8+. The molecule has 36 heavy (non-hydrogen) atoms. The van der Waals surface area contributed by atoms with Gasteiger partial charge >= 0.3 is 6.09 Å². The number of benzene rings is 1. The topological polar surface area (TPSA) is 91.0 Å². The number of amides is 1. The van der Waals surface area contributed by atoms with E-state index in [4.69, 9.17) is 27.9 Å². The summed E-state index contributed by atoms with van der Waals surface area (Å²) in [6, 6.07) is 2.59. The Morgan fingerprint density at radius 3 is 2.53 bits per heavy atom.